The van der Waals surface area contributed by atoms with Gasteiger partial charge in [0.05, 0.1) is 0 Å². The Balaban J connectivity index is 0.000000244. The van der Waals surface area contributed by atoms with Crippen molar-refractivity contribution in [2.24, 2.45) is 0 Å². The minimum Gasteiger partial charge on any atom is -0.429 e. The number of anilines is 3. The number of benzene rings is 6. The van der Waals surface area contributed by atoms with Gasteiger partial charge in [0, 0.05) is 153 Å². The van der Waals surface area contributed by atoms with E-state index in [1.165, 1.54) is 67.1 Å². The summed E-state index contributed by atoms with van der Waals surface area (Å²) >= 11 is 0. The molecule has 0 spiro atoms. The summed E-state index contributed by atoms with van der Waals surface area (Å²) in [5.41, 5.74) is 19.8. The summed E-state index contributed by atoms with van der Waals surface area (Å²) in [6.07, 6.45) is 0. The predicted octanol–water partition coefficient (Wildman–Crippen LogP) is 14.0. The van der Waals surface area contributed by atoms with Gasteiger partial charge in [0.15, 0.2) is 0 Å². The van der Waals surface area contributed by atoms with Crippen LogP contribution >= 0.6 is 0 Å². The lowest BCUT2D eigenvalue weighted by molar-refractivity contribution is -0.121. The van der Waals surface area contributed by atoms with Crippen molar-refractivity contribution in [2.75, 3.05) is 37.1 Å². The van der Waals surface area contributed by atoms with E-state index in [-0.39, 0.29) is 6.04 Å². The molecule has 0 unspecified atom stereocenters. The molecule has 0 radical (unpaired) electrons. The number of nitrogens with zero attached hydrogens (tertiary/aromatic N) is 6. The van der Waals surface area contributed by atoms with Gasteiger partial charge in [-0.05, 0) is 217 Å². The standard InChI is InChI=1S/C36H54N6.C36H47N3O4/c1-25(2)40-19-28-10-30(15-34(13-28)37-7)21-41(26(3)4)23-32-12-33(18-36(17-32)39-9)24-42(27(5)6)22-31-11-29(20-40)14-35(16-31)38-8;1-25(2)37-17-29-8-28(7)9-30(10-29)18-38(26(3)4)20-32-12-34(16-36(14-32)43-24-41)22-39(27(5)6)21-33-11-31(19-37)13-35(15-33)42-23-40/h10-18,25-27,37-39H,19-24H2,1-9H3;8-16,23-27H,17-22H2,1-7H3. The quantitative estimate of drug-likeness (QED) is 0.0956. The van der Waals surface area contributed by atoms with Crippen LogP contribution in [0.3, 0.4) is 0 Å². The fourth-order valence-electron chi connectivity index (χ4n) is 11.8. The van der Waals surface area contributed by atoms with Crippen LogP contribution in [0, 0.1) is 6.92 Å². The van der Waals surface area contributed by atoms with E-state index in [1.807, 2.05) is 45.4 Å². The summed E-state index contributed by atoms with van der Waals surface area (Å²) in [7, 11) is 6.08. The maximum absolute atomic E-state index is 11.3. The number of hydrogen-bond donors (Lipinski definition) is 3. The molecule has 2 aliphatic rings. The molecule has 8 rings (SSSR count). The Labute approximate surface area is 511 Å². The van der Waals surface area contributed by atoms with Crippen LogP contribution in [0.5, 0.6) is 11.5 Å². The van der Waals surface area contributed by atoms with Crippen molar-refractivity contribution >= 4 is 30.0 Å². The average Bonchev–Trinajstić information content (AvgIpc) is 3.54. The number of carbonyl (C=O) groups excluding carboxylic acids is 2. The highest BCUT2D eigenvalue weighted by Gasteiger charge is 2.22. The zero-order valence-electron chi connectivity index (χ0n) is 54.3. The van der Waals surface area contributed by atoms with E-state index in [0.717, 1.165) is 87.7 Å². The molecule has 0 saturated heterocycles. The normalized spacial score (nSPS) is 15.9. The third kappa shape index (κ3) is 19.7. The zero-order chi connectivity index (χ0) is 61.5. The van der Waals surface area contributed by atoms with Gasteiger partial charge >= 0.3 is 0 Å². The Hall–Kier alpha value is -6.58. The van der Waals surface area contributed by atoms with E-state index < -0.39 is 0 Å². The van der Waals surface area contributed by atoms with Gasteiger partial charge in [0.2, 0.25) is 0 Å². The van der Waals surface area contributed by atoms with Gasteiger partial charge in [0.1, 0.15) is 11.5 Å². The lowest BCUT2D eigenvalue weighted by Gasteiger charge is -2.31. The number of fused-ring (bicyclic) bond motifs is 12. The molecule has 2 aliphatic heterocycles. The van der Waals surface area contributed by atoms with E-state index in [4.69, 9.17) is 9.47 Å². The summed E-state index contributed by atoms with van der Waals surface area (Å²) in [5.74, 6) is 1.11. The minimum absolute atomic E-state index is 0.247. The molecule has 6 aromatic carbocycles. The van der Waals surface area contributed by atoms with E-state index in [0.29, 0.717) is 67.7 Å². The Morgan fingerprint density at radius 2 is 0.459 bits per heavy atom. The van der Waals surface area contributed by atoms with Gasteiger partial charge in [0.25, 0.3) is 12.9 Å². The zero-order valence-corrected chi connectivity index (χ0v) is 54.3. The molecule has 2 heterocycles. The second-order valence-corrected chi connectivity index (χ2v) is 25.6. The summed E-state index contributed by atoms with van der Waals surface area (Å²) in [4.78, 5) is 37.7. The Bertz CT molecular complexity index is 2800. The topological polar surface area (TPSA) is 108 Å². The molecule has 85 heavy (non-hydrogen) atoms. The van der Waals surface area contributed by atoms with Crippen molar-refractivity contribution in [2.45, 2.75) is 205 Å². The van der Waals surface area contributed by atoms with Crippen molar-refractivity contribution in [3.05, 3.63) is 182 Å². The summed E-state index contributed by atoms with van der Waals surface area (Å²) < 4.78 is 10.8. The van der Waals surface area contributed by atoms with Gasteiger partial charge < -0.3 is 25.4 Å². The highest BCUT2D eigenvalue weighted by Crippen LogP contribution is 2.30. The fraction of sp³-hybridized carbons (Fsp3) is 0.472. The largest absolute Gasteiger partial charge is 0.429 e. The fourth-order valence-corrected chi connectivity index (χ4v) is 11.8. The van der Waals surface area contributed by atoms with Crippen LogP contribution in [0.25, 0.3) is 0 Å². The number of ether oxygens (including phenoxy) is 2. The van der Waals surface area contributed by atoms with E-state index in [1.54, 1.807) is 0 Å². The van der Waals surface area contributed by atoms with Crippen molar-refractivity contribution in [1.29, 1.82) is 0 Å². The van der Waals surface area contributed by atoms with Crippen LogP contribution in [0.2, 0.25) is 0 Å². The average molecular weight is 1160 g/mol. The minimum atomic E-state index is 0.247. The molecule has 12 bridgehead atoms. The molecule has 0 aromatic heterocycles. The number of carbonyl (C=O) groups is 2. The van der Waals surface area contributed by atoms with Crippen molar-refractivity contribution < 1.29 is 19.1 Å². The second kappa shape index (κ2) is 31.2. The Morgan fingerprint density at radius 1 is 0.294 bits per heavy atom. The van der Waals surface area contributed by atoms with Crippen molar-refractivity contribution in [3.8, 4) is 11.5 Å². The Morgan fingerprint density at radius 3 is 0.612 bits per heavy atom. The summed E-state index contributed by atoms with van der Waals surface area (Å²) in [5, 5.41) is 10.3. The third-order valence-corrected chi connectivity index (χ3v) is 16.7. The van der Waals surface area contributed by atoms with E-state index in [9.17, 15) is 9.59 Å². The van der Waals surface area contributed by atoms with Gasteiger partial charge in [-0.3, -0.25) is 39.0 Å². The van der Waals surface area contributed by atoms with Crippen LogP contribution in [-0.2, 0) is 88.1 Å². The second-order valence-electron chi connectivity index (χ2n) is 25.6. The first-order valence-corrected chi connectivity index (χ1v) is 31.0. The predicted molar refractivity (Wildman–Crippen MR) is 352 cm³/mol. The van der Waals surface area contributed by atoms with E-state index >= 15 is 0 Å². The third-order valence-electron chi connectivity index (χ3n) is 16.7. The highest BCUT2D eigenvalue weighted by molar-refractivity contribution is 5.52. The van der Waals surface area contributed by atoms with Crippen LogP contribution < -0.4 is 25.4 Å². The molecule has 0 aliphatic carbocycles. The van der Waals surface area contributed by atoms with Gasteiger partial charge in [-0.2, -0.15) is 0 Å². The monoisotopic (exact) mass is 1160 g/mol. The number of nitrogens with one attached hydrogen (secondary N) is 3. The number of rotatable bonds is 13. The molecule has 6 aromatic rings. The highest BCUT2D eigenvalue weighted by atomic mass is 16.5. The summed E-state index contributed by atoms with van der Waals surface area (Å²) in [6.45, 7) is 40.2. The first kappa shape index (κ1) is 66.0. The van der Waals surface area contributed by atoms with Gasteiger partial charge in [-0.15, -0.1) is 0 Å². The Kier molecular flexibility index (Phi) is 24.2. The molecular formula is C72H101N9O4. The lowest BCUT2D eigenvalue weighted by Crippen LogP contribution is -2.32. The van der Waals surface area contributed by atoms with E-state index in [2.05, 4.69) is 220 Å². The molecule has 0 amide bonds. The maximum atomic E-state index is 11.3. The molecule has 0 fully saturated rings. The van der Waals surface area contributed by atoms with Crippen LogP contribution in [0.4, 0.5) is 17.1 Å². The maximum Gasteiger partial charge on any atom is 0.298 e. The molecule has 458 valence electrons. The molecule has 0 saturated carbocycles. The first-order chi connectivity index (χ1) is 40.6. The van der Waals surface area contributed by atoms with Crippen LogP contribution in [-0.4, -0.2) is 99.7 Å². The number of aryl methyl sites for hydroxylation is 1. The van der Waals surface area contributed by atoms with Crippen LogP contribution in [0.1, 0.15) is 155 Å². The van der Waals surface area contributed by atoms with Crippen LogP contribution in [0.15, 0.2) is 109 Å². The smallest absolute Gasteiger partial charge is 0.298 e. The summed E-state index contributed by atoms with van der Waals surface area (Å²) in [6, 6.07) is 42.5. The SMILES string of the molecule is CNc1cc2cc(c1)CN(C(C)C)Cc1cc(cc(NC)c1)CN(C(C)C)Cc1cc(cc(NC)c1)CN(C(C)C)C2.Cc1cc2cc(c1)CN(C(C)C)Cc1cc(cc(OC=O)c1)CN(C(C)C)Cc1cc(cc(OC=O)c1)CN(C(C)C)C2. The molecule has 0 atom stereocenters. The molecule has 3 N–H and O–H groups in total. The molecule has 13 heteroatoms. The molecular weight excluding hydrogens is 1050 g/mol. The number of hydrogen-bond acceptors (Lipinski definition) is 13. The first-order valence-electron chi connectivity index (χ1n) is 31.0. The molecule has 13 nitrogen and oxygen atoms in total. The van der Waals surface area contributed by atoms with Gasteiger partial charge in [-0.1, -0.05) is 54.1 Å². The lowest BCUT2D eigenvalue weighted by atomic mass is 10.0. The van der Waals surface area contributed by atoms with Crippen molar-refractivity contribution in [3.63, 3.8) is 0 Å². The van der Waals surface area contributed by atoms with Gasteiger partial charge in [-0.25, -0.2) is 0 Å². The van der Waals surface area contributed by atoms with Crippen molar-refractivity contribution in [1.82, 2.24) is 29.4 Å².